The first-order valence-electron chi connectivity index (χ1n) is 13.1. The molecule has 7 heteroatoms. The Morgan fingerprint density at radius 2 is 1.60 bits per heavy atom. The predicted molar refractivity (Wildman–Crippen MR) is 153 cm³/mol. The van der Waals surface area contributed by atoms with Crippen molar-refractivity contribution >= 4 is 34.5 Å². The van der Waals surface area contributed by atoms with Gasteiger partial charge in [0.15, 0.2) is 5.58 Å². The number of carbonyl (C=O) groups is 3. The zero-order chi connectivity index (χ0) is 27.8. The number of para-hydroxylation sites is 2. The second-order valence-electron chi connectivity index (χ2n) is 10.1. The molecule has 0 saturated carbocycles. The Kier molecular flexibility index (Phi) is 6.48. The van der Waals surface area contributed by atoms with Crippen LogP contribution in [0.5, 0.6) is 0 Å². The lowest BCUT2D eigenvalue weighted by Gasteiger charge is -2.28. The van der Waals surface area contributed by atoms with Crippen molar-refractivity contribution in [1.82, 2.24) is 9.88 Å². The lowest BCUT2D eigenvalue weighted by molar-refractivity contribution is -0.122. The minimum absolute atomic E-state index is 0.0881. The number of amides is 3. The van der Waals surface area contributed by atoms with Crippen LogP contribution >= 0.6 is 0 Å². The largest absolute Gasteiger partial charge is 0.436 e. The topological polar surface area (TPSA) is 83.7 Å². The molecule has 5 aromatic rings. The number of aryl methyl sites for hydroxylation is 2. The molecule has 2 heterocycles. The molecular formula is C33H27N3O4. The number of benzene rings is 4. The number of anilines is 1. The molecule has 1 aliphatic heterocycles. The van der Waals surface area contributed by atoms with E-state index in [4.69, 9.17) is 4.42 Å². The number of rotatable bonds is 6. The van der Waals surface area contributed by atoms with Crippen LogP contribution in [0.15, 0.2) is 101 Å². The summed E-state index contributed by atoms with van der Waals surface area (Å²) in [6.45, 7) is 4.07. The number of carbonyl (C=O) groups excluding carboxylic acids is 3. The van der Waals surface area contributed by atoms with Crippen LogP contribution in [0, 0.1) is 13.8 Å². The summed E-state index contributed by atoms with van der Waals surface area (Å²) in [5, 5.41) is 0. The third kappa shape index (κ3) is 4.66. The summed E-state index contributed by atoms with van der Waals surface area (Å²) >= 11 is 0. The number of hydrogen-bond acceptors (Lipinski definition) is 5. The minimum atomic E-state index is -0.919. The molecule has 0 aliphatic carbocycles. The summed E-state index contributed by atoms with van der Waals surface area (Å²) in [5.41, 5.74) is 5.90. The summed E-state index contributed by atoms with van der Waals surface area (Å²) in [7, 11) is 0. The molecule has 40 heavy (non-hydrogen) atoms. The van der Waals surface area contributed by atoms with E-state index in [1.165, 1.54) is 9.80 Å². The fourth-order valence-electron chi connectivity index (χ4n) is 5.06. The Labute approximate surface area is 231 Å². The highest BCUT2D eigenvalue weighted by Crippen LogP contribution is 2.31. The number of imide groups is 1. The maximum absolute atomic E-state index is 13.8. The number of oxazole rings is 1. The van der Waals surface area contributed by atoms with Crippen molar-refractivity contribution in [1.29, 1.82) is 0 Å². The Balaban J connectivity index is 1.30. The van der Waals surface area contributed by atoms with Crippen molar-refractivity contribution in [2.75, 3.05) is 4.90 Å². The van der Waals surface area contributed by atoms with E-state index in [0.717, 1.165) is 27.8 Å². The van der Waals surface area contributed by atoms with E-state index in [-0.39, 0.29) is 24.8 Å². The van der Waals surface area contributed by atoms with Gasteiger partial charge in [-0.3, -0.25) is 14.4 Å². The molecule has 0 radical (unpaired) electrons. The van der Waals surface area contributed by atoms with Gasteiger partial charge in [0, 0.05) is 17.7 Å². The molecule has 0 bridgehead atoms. The fourth-order valence-corrected chi connectivity index (χ4v) is 5.06. The second kappa shape index (κ2) is 10.3. The highest BCUT2D eigenvalue weighted by atomic mass is 16.3. The van der Waals surface area contributed by atoms with Crippen LogP contribution in [0.25, 0.3) is 22.6 Å². The molecule has 198 valence electrons. The van der Waals surface area contributed by atoms with Crippen molar-refractivity contribution in [2.45, 2.75) is 32.9 Å². The van der Waals surface area contributed by atoms with Crippen molar-refractivity contribution in [3.05, 3.63) is 119 Å². The monoisotopic (exact) mass is 529 g/mol. The molecule has 3 amide bonds. The van der Waals surface area contributed by atoms with Gasteiger partial charge in [0.2, 0.25) is 11.8 Å². The Morgan fingerprint density at radius 1 is 0.900 bits per heavy atom. The van der Waals surface area contributed by atoms with Crippen molar-refractivity contribution in [3.63, 3.8) is 0 Å². The van der Waals surface area contributed by atoms with Crippen LogP contribution in [0.2, 0.25) is 0 Å². The van der Waals surface area contributed by atoms with Gasteiger partial charge in [0.05, 0.1) is 12.1 Å². The first-order valence-corrected chi connectivity index (χ1v) is 13.1. The maximum atomic E-state index is 13.8. The van der Waals surface area contributed by atoms with Crippen LogP contribution < -0.4 is 4.90 Å². The Morgan fingerprint density at radius 3 is 2.33 bits per heavy atom. The molecular weight excluding hydrogens is 502 g/mol. The zero-order valence-corrected chi connectivity index (χ0v) is 22.2. The summed E-state index contributed by atoms with van der Waals surface area (Å²) in [6, 6.07) is 28.7. The van der Waals surface area contributed by atoms with Crippen LogP contribution in [-0.4, -0.2) is 33.6 Å². The average Bonchev–Trinajstić information content (AvgIpc) is 3.53. The molecule has 6 rings (SSSR count). The molecule has 1 aliphatic rings. The van der Waals surface area contributed by atoms with Gasteiger partial charge >= 0.3 is 0 Å². The summed E-state index contributed by atoms with van der Waals surface area (Å²) in [6.07, 6.45) is -0.0881. The first kappa shape index (κ1) is 25.2. The van der Waals surface area contributed by atoms with Gasteiger partial charge in [0.25, 0.3) is 11.8 Å². The standard InChI is InChI=1S/C33H27N3O4/c1-21-11-13-23(14-12-21)20-35(32(38)26-8-4-3-7-22(26)2)28-19-30(37)36(33(28)39)25-17-15-24(16-18-25)31-34-27-9-5-6-10-29(27)40-31/h3-18,28H,19-20H2,1-2H3. The van der Waals surface area contributed by atoms with Gasteiger partial charge in [-0.25, -0.2) is 9.88 Å². The number of fused-ring (bicyclic) bond motifs is 1. The minimum Gasteiger partial charge on any atom is -0.436 e. The van der Waals surface area contributed by atoms with Crippen LogP contribution in [0.1, 0.15) is 33.5 Å². The molecule has 0 spiro atoms. The summed E-state index contributed by atoms with van der Waals surface area (Å²) in [4.78, 5) is 48.0. The number of hydrogen-bond donors (Lipinski definition) is 0. The van der Waals surface area contributed by atoms with Crippen LogP contribution in [0.4, 0.5) is 5.69 Å². The van der Waals surface area contributed by atoms with E-state index in [0.29, 0.717) is 22.7 Å². The Hall–Kier alpha value is -5.04. The fraction of sp³-hybridized carbons (Fsp3) is 0.152. The van der Waals surface area contributed by atoms with Gasteiger partial charge in [-0.2, -0.15) is 0 Å². The molecule has 1 saturated heterocycles. The highest BCUT2D eigenvalue weighted by molar-refractivity contribution is 6.23. The lowest BCUT2D eigenvalue weighted by Crippen LogP contribution is -2.45. The van der Waals surface area contributed by atoms with Gasteiger partial charge in [-0.15, -0.1) is 0 Å². The smallest absolute Gasteiger partial charge is 0.257 e. The molecule has 4 aromatic carbocycles. The highest BCUT2D eigenvalue weighted by Gasteiger charge is 2.44. The van der Waals surface area contributed by atoms with Crippen LogP contribution in [0.3, 0.4) is 0 Å². The SMILES string of the molecule is Cc1ccc(CN(C(=O)c2ccccc2C)C2CC(=O)N(c3ccc(-c4nc5ccccc5o4)cc3)C2=O)cc1. The van der Waals surface area contributed by atoms with Gasteiger partial charge < -0.3 is 9.32 Å². The third-order valence-electron chi connectivity index (χ3n) is 7.28. The first-order chi connectivity index (χ1) is 19.4. The number of nitrogens with zero attached hydrogens (tertiary/aromatic N) is 3. The van der Waals surface area contributed by atoms with Crippen molar-refractivity contribution in [2.24, 2.45) is 0 Å². The average molecular weight is 530 g/mol. The maximum Gasteiger partial charge on any atom is 0.257 e. The lowest BCUT2D eigenvalue weighted by atomic mass is 10.0. The van der Waals surface area contributed by atoms with Crippen molar-refractivity contribution in [3.8, 4) is 11.5 Å². The molecule has 0 N–H and O–H groups in total. The third-order valence-corrected chi connectivity index (χ3v) is 7.28. The van der Waals surface area contributed by atoms with E-state index in [1.54, 1.807) is 36.4 Å². The van der Waals surface area contributed by atoms with Gasteiger partial charge in [-0.1, -0.05) is 60.2 Å². The van der Waals surface area contributed by atoms with Gasteiger partial charge in [-0.05, 0) is 67.4 Å². The molecule has 1 fully saturated rings. The summed E-state index contributed by atoms with van der Waals surface area (Å²) in [5.74, 6) is -0.597. The van der Waals surface area contributed by atoms with Crippen molar-refractivity contribution < 1.29 is 18.8 Å². The zero-order valence-electron chi connectivity index (χ0n) is 22.2. The van der Waals surface area contributed by atoms with Gasteiger partial charge in [0.1, 0.15) is 11.6 Å². The van der Waals surface area contributed by atoms with E-state index in [9.17, 15) is 14.4 Å². The molecule has 1 aromatic heterocycles. The summed E-state index contributed by atoms with van der Waals surface area (Å²) < 4.78 is 5.85. The van der Waals surface area contributed by atoms with E-state index < -0.39 is 11.9 Å². The van der Waals surface area contributed by atoms with E-state index in [1.807, 2.05) is 74.5 Å². The number of aromatic nitrogens is 1. The van der Waals surface area contributed by atoms with Crippen LogP contribution in [-0.2, 0) is 16.1 Å². The van der Waals surface area contributed by atoms with E-state index >= 15 is 0 Å². The predicted octanol–water partition coefficient (Wildman–Crippen LogP) is 6.09. The second-order valence-corrected chi connectivity index (χ2v) is 10.1. The molecule has 7 nitrogen and oxygen atoms in total. The van der Waals surface area contributed by atoms with E-state index in [2.05, 4.69) is 4.98 Å². The normalized spacial score (nSPS) is 15.2. The quantitative estimate of drug-likeness (QED) is 0.249. The molecule has 1 atom stereocenters. The molecule has 1 unspecified atom stereocenters. The Bertz CT molecular complexity index is 1710.